The quantitative estimate of drug-likeness (QED) is 0.484. The summed E-state index contributed by atoms with van der Waals surface area (Å²) in [7, 11) is 2.15. The highest BCUT2D eigenvalue weighted by Gasteiger charge is 2.50. The Morgan fingerprint density at radius 2 is 1.70 bits per heavy atom. The van der Waals surface area contributed by atoms with Gasteiger partial charge in [0.25, 0.3) is 0 Å². The Morgan fingerprint density at radius 3 is 2.32 bits per heavy atom. The van der Waals surface area contributed by atoms with Gasteiger partial charge in [0.2, 0.25) is 5.91 Å². The minimum Gasteiger partial charge on any atom is -0.447 e. The molecule has 2 atom stereocenters. The topological polar surface area (TPSA) is 53.1 Å². The van der Waals surface area contributed by atoms with Gasteiger partial charge < -0.3 is 14.5 Å². The molecule has 4 fully saturated rings. The zero-order chi connectivity index (χ0) is 26.2. The molecule has 1 saturated carbocycles. The van der Waals surface area contributed by atoms with E-state index in [9.17, 15) is 9.59 Å². The van der Waals surface area contributed by atoms with Gasteiger partial charge in [-0.1, -0.05) is 43.0 Å². The van der Waals surface area contributed by atoms with Crippen LogP contribution in [-0.4, -0.2) is 78.6 Å². The molecule has 2 amide bonds. The van der Waals surface area contributed by atoms with E-state index in [0.29, 0.717) is 18.4 Å². The Labute approximate surface area is 227 Å². The van der Waals surface area contributed by atoms with Crippen LogP contribution in [0.5, 0.6) is 0 Å². The number of halogens is 1. The maximum Gasteiger partial charge on any atom is 0.410 e. The molecular formula is C30H44ClN3O3. The highest BCUT2D eigenvalue weighted by Crippen LogP contribution is 2.48. The van der Waals surface area contributed by atoms with Crippen molar-refractivity contribution < 1.29 is 14.3 Å². The Morgan fingerprint density at radius 1 is 1.03 bits per heavy atom. The Balaban J connectivity index is 1.32. The highest BCUT2D eigenvalue weighted by molar-refractivity contribution is 6.30. The van der Waals surface area contributed by atoms with Crippen LogP contribution in [0.1, 0.15) is 76.7 Å². The van der Waals surface area contributed by atoms with Crippen LogP contribution in [0, 0.1) is 17.3 Å². The van der Waals surface area contributed by atoms with Gasteiger partial charge in [0, 0.05) is 43.0 Å². The first kappa shape index (κ1) is 26.8. The summed E-state index contributed by atoms with van der Waals surface area (Å²) in [6.45, 7) is 8.87. The summed E-state index contributed by atoms with van der Waals surface area (Å²) in [6, 6.07) is 8.07. The SMILES string of the molecule is CN1CCC(C(=O)N2CCC(CN3C(=O)OCC3(C)C)(C3CCCCC3)CC2)[C@H](c2ccc(Cl)cc2)C1. The van der Waals surface area contributed by atoms with Gasteiger partial charge in [-0.05, 0) is 88.6 Å². The molecule has 37 heavy (non-hydrogen) atoms. The summed E-state index contributed by atoms with van der Waals surface area (Å²) < 4.78 is 5.47. The van der Waals surface area contributed by atoms with Crippen LogP contribution in [-0.2, 0) is 9.53 Å². The molecule has 0 spiro atoms. The second-order valence-corrected chi connectivity index (χ2v) is 13.2. The fourth-order valence-electron chi connectivity index (χ4n) is 7.51. The van der Waals surface area contributed by atoms with Gasteiger partial charge in [0.15, 0.2) is 0 Å². The molecule has 6 nitrogen and oxygen atoms in total. The Bertz CT molecular complexity index is 967. The molecule has 3 aliphatic heterocycles. The minimum absolute atomic E-state index is 0.00653. The monoisotopic (exact) mass is 529 g/mol. The average Bonchev–Trinajstić information content (AvgIpc) is 3.16. The van der Waals surface area contributed by atoms with Crippen molar-refractivity contribution in [1.29, 1.82) is 0 Å². The third kappa shape index (κ3) is 5.52. The van der Waals surface area contributed by atoms with Crippen molar-refractivity contribution in [2.24, 2.45) is 17.3 Å². The number of benzene rings is 1. The third-order valence-electron chi connectivity index (χ3n) is 9.95. The lowest BCUT2D eigenvalue weighted by Crippen LogP contribution is -2.56. The van der Waals surface area contributed by atoms with Crippen LogP contribution in [0.2, 0.25) is 5.02 Å². The molecule has 1 unspecified atom stereocenters. The number of hydrogen-bond acceptors (Lipinski definition) is 4. The van der Waals surface area contributed by atoms with Gasteiger partial charge in [-0.3, -0.25) is 9.69 Å². The van der Waals surface area contributed by atoms with Gasteiger partial charge in [0.1, 0.15) is 6.61 Å². The van der Waals surface area contributed by atoms with Crippen LogP contribution in [0.4, 0.5) is 4.79 Å². The van der Waals surface area contributed by atoms with E-state index in [4.69, 9.17) is 16.3 Å². The molecule has 1 aromatic carbocycles. The molecular weight excluding hydrogens is 486 g/mol. The molecule has 4 aliphatic rings. The summed E-state index contributed by atoms with van der Waals surface area (Å²) in [5, 5.41) is 0.732. The number of piperidine rings is 2. The first-order valence-corrected chi connectivity index (χ1v) is 14.7. The average molecular weight is 530 g/mol. The van der Waals surface area contributed by atoms with Crippen LogP contribution in [0.15, 0.2) is 24.3 Å². The smallest absolute Gasteiger partial charge is 0.410 e. The molecule has 0 radical (unpaired) electrons. The van der Waals surface area contributed by atoms with Crippen molar-refractivity contribution >= 4 is 23.6 Å². The van der Waals surface area contributed by atoms with Crippen molar-refractivity contribution in [1.82, 2.24) is 14.7 Å². The lowest BCUT2D eigenvalue weighted by atomic mass is 9.63. The van der Waals surface area contributed by atoms with E-state index >= 15 is 0 Å². The van der Waals surface area contributed by atoms with Crippen molar-refractivity contribution in [3.63, 3.8) is 0 Å². The van der Waals surface area contributed by atoms with E-state index < -0.39 is 0 Å². The normalized spacial score (nSPS) is 28.8. The van der Waals surface area contributed by atoms with E-state index in [1.807, 2.05) is 17.0 Å². The molecule has 1 aliphatic carbocycles. The van der Waals surface area contributed by atoms with Crippen molar-refractivity contribution in [2.45, 2.75) is 76.7 Å². The number of ether oxygens (including phenoxy) is 1. The molecule has 0 aromatic heterocycles. The summed E-state index contributed by atoms with van der Waals surface area (Å²) in [4.78, 5) is 33.2. The van der Waals surface area contributed by atoms with Crippen LogP contribution < -0.4 is 0 Å². The largest absolute Gasteiger partial charge is 0.447 e. The van der Waals surface area contributed by atoms with Crippen molar-refractivity contribution in [2.75, 3.05) is 46.4 Å². The van der Waals surface area contributed by atoms with Gasteiger partial charge in [0.05, 0.1) is 5.54 Å². The standard InChI is InChI=1S/C30H44ClN3O3/c1-29(2)21-37-28(36)34(29)20-30(23-7-5-4-6-8-23)14-17-33(18-15-30)27(35)25-13-16-32(3)19-26(25)22-9-11-24(31)12-10-22/h9-12,23,25-26H,4-8,13-21H2,1-3H3/t25?,26-/m0/s1. The lowest BCUT2D eigenvalue weighted by Gasteiger charge is -2.51. The van der Waals surface area contributed by atoms with Crippen LogP contribution >= 0.6 is 11.6 Å². The Kier molecular flexibility index (Phi) is 7.80. The van der Waals surface area contributed by atoms with E-state index in [0.717, 1.165) is 57.0 Å². The van der Waals surface area contributed by atoms with E-state index in [1.165, 1.54) is 37.7 Å². The molecule has 5 rings (SSSR count). The first-order valence-electron chi connectivity index (χ1n) is 14.4. The number of hydrogen-bond donors (Lipinski definition) is 0. The molecule has 1 aromatic rings. The van der Waals surface area contributed by atoms with Crippen molar-refractivity contribution in [3.05, 3.63) is 34.9 Å². The second-order valence-electron chi connectivity index (χ2n) is 12.8. The third-order valence-corrected chi connectivity index (χ3v) is 10.2. The molecule has 3 saturated heterocycles. The fraction of sp³-hybridized carbons (Fsp3) is 0.733. The summed E-state index contributed by atoms with van der Waals surface area (Å²) in [6.07, 6.45) is 9.02. The molecule has 0 N–H and O–H groups in total. The zero-order valence-electron chi connectivity index (χ0n) is 22.9. The van der Waals surface area contributed by atoms with Gasteiger partial charge in [-0.25, -0.2) is 4.79 Å². The maximum absolute atomic E-state index is 14.0. The minimum atomic E-state index is -0.272. The van der Waals surface area contributed by atoms with E-state index in [2.05, 4.69) is 42.8 Å². The molecule has 204 valence electrons. The summed E-state index contributed by atoms with van der Waals surface area (Å²) >= 11 is 6.16. The number of nitrogens with zero attached hydrogens (tertiary/aromatic N) is 3. The summed E-state index contributed by atoms with van der Waals surface area (Å²) in [5.74, 6) is 1.12. The maximum atomic E-state index is 14.0. The number of carbonyl (C=O) groups is 2. The molecule has 0 bridgehead atoms. The summed E-state index contributed by atoms with van der Waals surface area (Å²) in [5.41, 5.74) is 1.00. The van der Waals surface area contributed by atoms with E-state index in [-0.39, 0.29) is 28.9 Å². The lowest BCUT2D eigenvalue weighted by molar-refractivity contribution is -0.141. The number of likely N-dealkylation sites (N-methyl/N-ethyl adjacent to an activating group) is 1. The number of amides is 2. The van der Waals surface area contributed by atoms with Crippen molar-refractivity contribution in [3.8, 4) is 0 Å². The predicted molar refractivity (Wildman–Crippen MR) is 147 cm³/mol. The second kappa shape index (κ2) is 10.8. The molecule has 7 heteroatoms. The highest BCUT2D eigenvalue weighted by atomic mass is 35.5. The number of likely N-dealkylation sites (tertiary alicyclic amines) is 2. The van der Waals surface area contributed by atoms with Gasteiger partial charge in [-0.15, -0.1) is 0 Å². The number of cyclic esters (lactones) is 1. The zero-order valence-corrected chi connectivity index (χ0v) is 23.6. The van der Waals surface area contributed by atoms with Crippen LogP contribution in [0.3, 0.4) is 0 Å². The van der Waals surface area contributed by atoms with Crippen LogP contribution in [0.25, 0.3) is 0 Å². The van der Waals surface area contributed by atoms with Gasteiger partial charge in [-0.2, -0.15) is 0 Å². The van der Waals surface area contributed by atoms with E-state index in [1.54, 1.807) is 0 Å². The Hall–Kier alpha value is -1.79. The number of carbonyl (C=O) groups excluding carboxylic acids is 2. The number of rotatable bonds is 5. The predicted octanol–water partition coefficient (Wildman–Crippen LogP) is 5.80. The fourth-order valence-corrected chi connectivity index (χ4v) is 7.64. The first-order chi connectivity index (χ1) is 17.7. The van der Waals surface area contributed by atoms with Gasteiger partial charge >= 0.3 is 6.09 Å². The molecule has 3 heterocycles.